The number of carboxylic acids is 1. The lowest BCUT2D eigenvalue weighted by atomic mass is 9.85. The Morgan fingerprint density at radius 1 is 1.08 bits per heavy atom. The summed E-state index contributed by atoms with van der Waals surface area (Å²) in [5.41, 5.74) is 0.294. The van der Waals surface area contributed by atoms with Crippen LogP contribution in [0.25, 0.3) is 0 Å². The second-order valence-corrected chi connectivity index (χ2v) is 6.28. The van der Waals surface area contributed by atoms with Crippen LogP contribution in [0.3, 0.4) is 0 Å². The number of carbonyl (C=O) groups excluding carboxylic acids is 1. The monoisotopic (exact) mass is 363 g/mol. The number of aliphatic carboxylic acids is 1. The van der Waals surface area contributed by atoms with Crippen molar-refractivity contribution >= 4 is 17.6 Å². The van der Waals surface area contributed by atoms with Gasteiger partial charge in [0.25, 0.3) is 5.91 Å². The van der Waals surface area contributed by atoms with Crippen molar-refractivity contribution in [2.45, 2.75) is 31.5 Å². The molecule has 4 nitrogen and oxygen atoms in total. The molecule has 26 heavy (non-hydrogen) atoms. The first-order chi connectivity index (χ1) is 12.2. The summed E-state index contributed by atoms with van der Waals surface area (Å²) < 4.78 is 38.1. The Morgan fingerprint density at radius 2 is 1.69 bits per heavy atom. The van der Waals surface area contributed by atoms with Crippen LogP contribution in [0.15, 0.2) is 48.5 Å². The van der Waals surface area contributed by atoms with Crippen LogP contribution in [0.4, 0.5) is 18.9 Å². The van der Waals surface area contributed by atoms with Crippen LogP contribution >= 0.6 is 0 Å². The van der Waals surface area contributed by atoms with Gasteiger partial charge in [-0.15, -0.1) is 0 Å². The van der Waals surface area contributed by atoms with Crippen LogP contribution in [0, 0.1) is 0 Å². The number of nitrogens with zero attached hydrogens (tertiary/aromatic N) is 1. The summed E-state index contributed by atoms with van der Waals surface area (Å²) in [7, 11) is 0. The van der Waals surface area contributed by atoms with E-state index >= 15 is 0 Å². The maximum Gasteiger partial charge on any atom is 0.416 e. The molecule has 3 rings (SSSR count). The fourth-order valence-electron chi connectivity index (χ4n) is 3.30. The molecular formula is C19H16F3NO3. The highest BCUT2D eigenvalue weighted by Gasteiger charge is 2.37. The first-order valence-electron chi connectivity index (χ1n) is 8.02. The molecule has 7 heteroatoms. The quantitative estimate of drug-likeness (QED) is 0.865. The van der Waals surface area contributed by atoms with Gasteiger partial charge >= 0.3 is 12.1 Å². The Balaban J connectivity index is 1.99. The summed E-state index contributed by atoms with van der Waals surface area (Å²) in [4.78, 5) is 25.9. The number of rotatable bonds is 2. The molecule has 2 aromatic rings. The van der Waals surface area contributed by atoms with E-state index in [1.54, 1.807) is 31.2 Å². The van der Waals surface area contributed by atoms with Crippen LogP contribution in [0.5, 0.6) is 0 Å². The number of fused-ring (bicyclic) bond motifs is 1. The minimum absolute atomic E-state index is 0.119. The number of carboxylic acid groups (broad SMARTS) is 1. The highest BCUT2D eigenvalue weighted by atomic mass is 19.4. The van der Waals surface area contributed by atoms with Crippen molar-refractivity contribution in [3.05, 3.63) is 65.2 Å². The van der Waals surface area contributed by atoms with Crippen molar-refractivity contribution in [3.63, 3.8) is 0 Å². The number of anilines is 1. The zero-order valence-corrected chi connectivity index (χ0v) is 13.8. The van der Waals surface area contributed by atoms with Gasteiger partial charge < -0.3 is 10.0 Å². The summed E-state index contributed by atoms with van der Waals surface area (Å²) in [6.07, 6.45) is -4.24. The van der Waals surface area contributed by atoms with Crippen molar-refractivity contribution in [1.82, 2.24) is 0 Å². The van der Waals surface area contributed by atoms with Gasteiger partial charge in [-0.1, -0.05) is 18.2 Å². The van der Waals surface area contributed by atoms with Gasteiger partial charge in [0.2, 0.25) is 0 Å². The van der Waals surface area contributed by atoms with Gasteiger partial charge in [-0.25, -0.2) is 0 Å². The van der Waals surface area contributed by atoms with Crippen LogP contribution in [0.1, 0.15) is 40.7 Å². The maximum absolute atomic E-state index is 12.9. The summed E-state index contributed by atoms with van der Waals surface area (Å²) in [6.45, 7) is 1.73. The van der Waals surface area contributed by atoms with Gasteiger partial charge in [0.1, 0.15) is 0 Å². The van der Waals surface area contributed by atoms with Gasteiger partial charge in [0.05, 0.1) is 11.5 Å². The summed E-state index contributed by atoms with van der Waals surface area (Å²) >= 11 is 0. The van der Waals surface area contributed by atoms with Gasteiger partial charge in [0.15, 0.2) is 0 Å². The van der Waals surface area contributed by atoms with E-state index in [4.69, 9.17) is 0 Å². The molecule has 1 amide bonds. The lowest BCUT2D eigenvalue weighted by Gasteiger charge is -2.38. The summed E-state index contributed by atoms with van der Waals surface area (Å²) in [5, 5.41) is 9.44. The molecule has 0 aliphatic carbocycles. The maximum atomic E-state index is 12.9. The molecule has 1 heterocycles. The second kappa shape index (κ2) is 6.48. The fraction of sp³-hybridized carbons (Fsp3) is 0.263. The van der Waals surface area contributed by atoms with Crippen molar-refractivity contribution < 1.29 is 27.9 Å². The Morgan fingerprint density at radius 3 is 2.27 bits per heavy atom. The molecule has 136 valence electrons. The molecule has 0 bridgehead atoms. The van der Waals surface area contributed by atoms with Gasteiger partial charge in [-0.3, -0.25) is 9.59 Å². The Hall–Kier alpha value is -2.83. The third-order valence-electron chi connectivity index (χ3n) is 4.57. The molecule has 1 N–H and O–H groups in total. The number of alkyl halides is 3. The van der Waals surface area contributed by atoms with Crippen molar-refractivity contribution in [1.29, 1.82) is 0 Å². The Bertz CT molecular complexity index is 846. The average Bonchev–Trinajstić information content (AvgIpc) is 2.59. The minimum Gasteiger partial charge on any atom is -0.481 e. The van der Waals surface area contributed by atoms with Crippen LogP contribution in [-0.4, -0.2) is 23.0 Å². The second-order valence-electron chi connectivity index (χ2n) is 6.28. The van der Waals surface area contributed by atoms with E-state index in [2.05, 4.69) is 0 Å². The molecule has 0 unspecified atom stereocenters. The molecule has 2 aromatic carbocycles. The smallest absolute Gasteiger partial charge is 0.416 e. The first-order valence-corrected chi connectivity index (χ1v) is 8.02. The van der Waals surface area contributed by atoms with E-state index in [0.29, 0.717) is 11.3 Å². The standard InChI is InChI=1S/C19H16F3NO3/c1-11-10-15(18(25)26)14-4-2-3-5-16(14)23(11)17(24)12-6-8-13(9-7-12)19(20,21)22/h2-9,11,15H,10H2,1H3,(H,25,26)/t11-,15-/m1/s1. The van der Waals surface area contributed by atoms with Crippen LogP contribution in [-0.2, 0) is 11.0 Å². The van der Waals surface area contributed by atoms with E-state index in [9.17, 15) is 27.9 Å². The number of carbonyl (C=O) groups is 2. The third kappa shape index (κ3) is 3.16. The predicted molar refractivity (Wildman–Crippen MR) is 89.2 cm³/mol. The minimum atomic E-state index is -4.47. The molecule has 2 atom stereocenters. The van der Waals surface area contributed by atoms with E-state index in [-0.39, 0.29) is 12.0 Å². The number of benzene rings is 2. The van der Waals surface area contributed by atoms with E-state index in [1.807, 2.05) is 0 Å². The van der Waals surface area contributed by atoms with E-state index in [1.165, 1.54) is 4.90 Å². The topological polar surface area (TPSA) is 57.6 Å². The lowest BCUT2D eigenvalue weighted by Crippen LogP contribution is -2.44. The number of halogens is 3. The molecule has 0 spiro atoms. The molecule has 0 aromatic heterocycles. The number of hydrogen-bond donors (Lipinski definition) is 1. The number of hydrogen-bond acceptors (Lipinski definition) is 2. The molecule has 0 saturated heterocycles. The van der Waals surface area contributed by atoms with Crippen molar-refractivity contribution in [2.75, 3.05) is 4.90 Å². The summed E-state index contributed by atoms with van der Waals surface area (Å²) in [5.74, 6) is -2.15. The van der Waals surface area contributed by atoms with E-state index in [0.717, 1.165) is 24.3 Å². The van der Waals surface area contributed by atoms with Gasteiger partial charge in [0, 0.05) is 17.3 Å². The van der Waals surface area contributed by atoms with Gasteiger partial charge in [-0.2, -0.15) is 13.2 Å². The van der Waals surface area contributed by atoms with Crippen LogP contribution < -0.4 is 4.90 Å². The summed E-state index contributed by atoms with van der Waals surface area (Å²) in [6, 6.07) is 10.3. The Kier molecular flexibility index (Phi) is 4.48. The normalized spacial score (nSPS) is 19.8. The highest BCUT2D eigenvalue weighted by Crippen LogP contribution is 2.39. The predicted octanol–water partition coefficient (Wildman–Crippen LogP) is 4.31. The average molecular weight is 363 g/mol. The first kappa shape index (κ1) is 18.0. The van der Waals surface area contributed by atoms with Crippen molar-refractivity contribution in [3.8, 4) is 0 Å². The number of amides is 1. The van der Waals surface area contributed by atoms with E-state index < -0.39 is 35.6 Å². The molecule has 0 radical (unpaired) electrons. The third-order valence-corrected chi connectivity index (χ3v) is 4.57. The highest BCUT2D eigenvalue weighted by molar-refractivity contribution is 6.07. The van der Waals surface area contributed by atoms with Crippen LogP contribution in [0.2, 0.25) is 0 Å². The number of para-hydroxylation sites is 1. The Labute approximate surface area is 147 Å². The molecule has 1 aliphatic heterocycles. The SMILES string of the molecule is C[C@@H]1C[C@@H](C(=O)O)c2ccccc2N1C(=O)c1ccc(C(F)(F)F)cc1. The van der Waals surface area contributed by atoms with Crippen molar-refractivity contribution in [2.24, 2.45) is 0 Å². The molecule has 0 fully saturated rings. The largest absolute Gasteiger partial charge is 0.481 e. The lowest BCUT2D eigenvalue weighted by molar-refractivity contribution is -0.139. The molecule has 1 aliphatic rings. The zero-order valence-electron chi connectivity index (χ0n) is 13.8. The molecule has 0 saturated carbocycles. The zero-order chi connectivity index (χ0) is 19.1. The fourth-order valence-corrected chi connectivity index (χ4v) is 3.30. The van der Waals surface area contributed by atoms with Gasteiger partial charge in [-0.05, 0) is 49.2 Å². The molecular weight excluding hydrogens is 347 g/mol.